The van der Waals surface area contributed by atoms with Gasteiger partial charge in [-0.25, -0.2) is 0 Å². The minimum absolute atomic E-state index is 0.0949. The molecular weight excluding hydrogens is 572 g/mol. The average Bonchev–Trinajstić information content (AvgIpc) is 3.43. The lowest BCUT2D eigenvalue weighted by Gasteiger charge is -2.45. The summed E-state index contributed by atoms with van der Waals surface area (Å²) in [4.78, 5) is 30.1. The molecule has 8 nitrogen and oxygen atoms in total. The summed E-state index contributed by atoms with van der Waals surface area (Å²) in [5.41, 5.74) is -0.358. The molecule has 3 atom stereocenters. The minimum Gasteiger partial charge on any atom is -0.474 e. The maximum atomic E-state index is 13.7. The number of amides is 2. The second-order valence-electron chi connectivity index (χ2n) is 15.7. The van der Waals surface area contributed by atoms with E-state index in [9.17, 15) is 9.59 Å². The van der Waals surface area contributed by atoms with E-state index in [4.69, 9.17) is 9.26 Å². The smallest absolute Gasteiger partial charge is 0.291 e. The molecule has 44 heavy (non-hydrogen) atoms. The highest BCUT2D eigenvalue weighted by molar-refractivity contribution is 8.00. The standard InChI is InChI=1S/C35H56N4O4S/c1-24(27-20-25-9-7-10-26(19-25)21-27)37-31(40)29-30(44-28-11-5-4-6-12-28)32(38-43-29)42-23-34(2,3)33(41)39-17-14-35(15-18-39)13-8-16-36-22-35/h24-28,36H,4-23H2,1-3H3,(H,37,40). The molecule has 0 aromatic carbocycles. The van der Waals surface area contributed by atoms with E-state index in [0.717, 1.165) is 63.7 Å². The van der Waals surface area contributed by atoms with Gasteiger partial charge < -0.3 is 24.8 Å². The number of rotatable bonds is 9. The molecule has 246 valence electrons. The van der Waals surface area contributed by atoms with Crippen LogP contribution in [-0.4, -0.2) is 65.9 Å². The van der Waals surface area contributed by atoms with Gasteiger partial charge in [-0.15, -0.1) is 11.8 Å². The second-order valence-corrected chi connectivity index (χ2v) is 17.0. The average molecular weight is 629 g/mol. The van der Waals surface area contributed by atoms with Gasteiger partial charge in [0.2, 0.25) is 11.7 Å². The van der Waals surface area contributed by atoms with Gasteiger partial charge in [0.15, 0.2) is 0 Å². The largest absolute Gasteiger partial charge is 0.474 e. The van der Waals surface area contributed by atoms with Crippen LogP contribution in [0.1, 0.15) is 128 Å². The summed E-state index contributed by atoms with van der Waals surface area (Å²) in [6, 6.07) is 0.0949. The van der Waals surface area contributed by atoms with Crippen LogP contribution in [0.5, 0.6) is 5.88 Å². The third kappa shape index (κ3) is 7.45. The number of carbonyl (C=O) groups is 2. The van der Waals surface area contributed by atoms with Crippen molar-refractivity contribution in [2.45, 2.75) is 133 Å². The number of aromatic nitrogens is 1. The molecule has 3 heterocycles. The van der Waals surface area contributed by atoms with Crippen LogP contribution in [0.15, 0.2) is 9.42 Å². The van der Waals surface area contributed by atoms with Gasteiger partial charge >= 0.3 is 0 Å². The van der Waals surface area contributed by atoms with E-state index in [1.807, 2.05) is 18.7 Å². The Labute approximate surface area is 268 Å². The lowest BCUT2D eigenvalue weighted by Crippen LogP contribution is -2.52. The third-order valence-corrected chi connectivity index (χ3v) is 13.1. The number of likely N-dealkylation sites (tertiary alicyclic amines) is 1. The first-order valence-corrected chi connectivity index (χ1v) is 18.7. The van der Waals surface area contributed by atoms with Crippen molar-refractivity contribution in [3.8, 4) is 5.88 Å². The monoisotopic (exact) mass is 628 g/mol. The molecule has 2 bridgehead atoms. The Morgan fingerprint density at radius 1 is 1.05 bits per heavy atom. The van der Waals surface area contributed by atoms with Gasteiger partial charge in [0, 0.05) is 30.9 Å². The Bertz CT molecular complexity index is 1120. The normalized spacial score (nSPS) is 28.4. The number of nitrogens with one attached hydrogen (secondary N) is 2. The van der Waals surface area contributed by atoms with Crippen LogP contribution in [0.4, 0.5) is 0 Å². The minimum atomic E-state index is -0.711. The fraction of sp³-hybridized carbons (Fsp3) is 0.857. The van der Waals surface area contributed by atoms with Crippen molar-refractivity contribution in [2.24, 2.45) is 28.6 Å². The molecule has 2 saturated heterocycles. The van der Waals surface area contributed by atoms with Gasteiger partial charge in [0.05, 0.1) is 5.41 Å². The summed E-state index contributed by atoms with van der Waals surface area (Å²) in [6.07, 6.45) is 18.4. The van der Waals surface area contributed by atoms with Crippen LogP contribution in [0.2, 0.25) is 0 Å². The van der Waals surface area contributed by atoms with Crippen LogP contribution in [-0.2, 0) is 4.79 Å². The Hall–Kier alpha value is -1.74. The van der Waals surface area contributed by atoms with Crippen molar-refractivity contribution in [3.63, 3.8) is 0 Å². The van der Waals surface area contributed by atoms with Crippen molar-refractivity contribution in [3.05, 3.63) is 5.76 Å². The maximum absolute atomic E-state index is 13.7. The molecule has 5 aliphatic rings. The number of fused-ring (bicyclic) bond motifs is 2. The molecule has 2 aliphatic heterocycles. The number of nitrogens with zero attached hydrogens (tertiary/aromatic N) is 2. The second kappa shape index (κ2) is 13.9. The van der Waals surface area contributed by atoms with Gasteiger partial charge in [-0.3, -0.25) is 9.59 Å². The predicted molar refractivity (Wildman–Crippen MR) is 174 cm³/mol. The summed E-state index contributed by atoms with van der Waals surface area (Å²) < 4.78 is 12.1. The van der Waals surface area contributed by atoms with Crippen molar-refractivity contribution in [1.82, 2.24) is 20.7 Å². The lowest BCUT2D eigenvalue weighted by molar-refractivity contribution is -0.144. The van der Waals surface area contributed by atoms with E-state index in [1.165, 1.54) is 70.6 Å². The zero-order valence-electron chi connectivity index (χ0n) is 27.5. The van der Waals surface area contributed by atoms with Crippen LogP contribution in [0.3, 0.4) is 0 Å². The number of piperidine rings is 2. The fourth-order valence-electron chi connectivity index (χ4n) is 8.92. The highest BCUT2D eigenvalue weighted by Crippen LogP contribution is 2.45. The first kappa shape index (κ1) is 32.2. The molecule has 5 fully saturated rings. The highest BCUT2D eigenvalue weighted by atomic mass is 32.2. The lowest BCUT2D eigenvalue weighted by atomic mass is 9.66. The van der Waals surface area contributed by atoms with Gasteiger partial charge in [0.1, 0.15) is 11.5 Å². The van der Waals surface area contributed by atoms with Crippen LogP contribution >= 0.6 is 11.8 Å². The maximum Gasteiger partial charge on any atom is 0.291 e. The van der Waals surface area contributed by atoms with Crippen molar-refractivity contribution >= 4 is 23.6 Å². The van der Waals surface area contributed by atoms with E-state index in [0.29, 0.717) is 27.4 Å². The predicted octanol–water partition coefficient (Wildman–Crippen LogP) is 6.83. The Kier molecular flexibility index (Phi) is 10.2. The number of ether oxygens (including phenoxy) is 1. The van der Waals surface area contributed by atoms with Crippen LogP contribution in [0, 0.1) is 28.6 Å². The first-order chi connectivity index (χ1) is 21.2. The molecular formula is C35H56N4O4S. The van der Waals surface area contributed by atoms with E-state index in [2.05, 4.69) is 22.7 Å². The van der Waals surface area contributed by atoms with Crippen LogP contribution in [0.25, 0.3) is 0 Å². The molecule has 9 heteroatoms. The van der Waals surface area contributed by atoms with Crippen molar-refractivity contribution in [2.75, 3.05) is 32.8 Å². The van der Waals surface area contributed by atoms with Gasteiger partial charge in [-0.05, 0) is 113 Å². The molecule has 3 unspecified atom stereocenters. The molecule has 2 N–H and O–H groups in total. The molecule has 0 radical (unpaired) electrons. The van der Waals surface area contributed by atoms with E-state index in [-0.39, 0.29) is 30.2 Å². The van der Waals surface area contributed by atoms with E-state index < -0.39 is 5.41 Å². The quantitative estimate of drug-likeness (QED) is 0.309. The first-order valence-electron chi connectivity index (χ1n) is 17.8. The molecule has 1 aromatic heterocycles. The Morgan fingerprint density at radius 3 is 2.45 bits per heavy atom. The zero-order chi connectivity index (χ0) is 30.7. The van der Waals surface area contributed by atoms with Crippen LogP contribution < -0.4 is 15.4 Å². The summed E-state index contributed by atoms with van der Waals surface area (Å²) in [7, 11) is 0. The number of thioether (sulfide) groups is 1. The summed E-state index contributed by atoms with van der Waals surface area (Å²) in [5.74, 6) is 2.71. The van der Waals surface area contributed by atoms with Gasteiger partial charge in [0.25, 0.3) is 11.8 Å². The fourth-order valence-corrected chi connectivity index (χ4v) is 10.3. The number of hydrogen-bond donors (Lipinski definition) is 2. The number of hydrogen-bond acceptors (Lipinski definition) is 7. The topological polar surface area (TPSA) is 96.7 Å². The Balaban J connectivity index is 1.10. The molecule has 2 amide bonds. The summed E-state index contributed by atoms with van der Waals surface area (Å²) >= 11 is 1.69. The van der Waals surface area contributed by atoms with E-state index in [1.54, 1.807) is 11.8 Å². The Morgan fingerprint density at radius 2 is 1.77 bits per heavy atom. The van der Waals surface area contributed by atoms with Crippen molar-refractivity contribution < 1.29 is 18.8 Å². The number of carbonyl (C=O) groups excluding carboxylic acids is 2. The molecule has 1 aromatic rings. The summed E-state index contributed by atoms with van der Waals surface area (Å²) in [6.45, 7) is 10.1. The third-order valence-electron chi connectivity index (χ3n) is 11.7. The summed E-state index contributed by atoms with van der Waals surface area (Å²) in [5, 5.41) is 11.6. The molecule has 3 saturated carbocycles. The van der Waals surface area contributed by atoms with E-state index >= 15 is 0 Å². The highest BCUT2D eigenvalue weighted by Gasteiger charge is 2.41. The SMILES string of the molecule is CC(NC(=O)c1onc(OCC(C)(C)C(=O)N2CCC3(CCCNC3)CC2)c1SC1CCCCC1)C1CC2CCCC(C2)C1. The zero-order valence-corrected chi connectivity index (χ0v) is 28.3. The van der Waals surface area contributed by atoms with Gasteiger partial charge in [-0.1, -0.05) is 38.5 Å². The molecule has 1 spiro atoms. The van der Waals surface area contributed by atoms with Crippen molar-refractivity contribution in [1.29, 1.82) is 0 Å². The molecule has 3 aliphatic carbocycles. The molecule has 6 rings (SSSR count). The van der Waals surface area contributed by atoms with Gasteiger partial charge in [-0.2, -0.15) is 0 Å².